The van der Waals surface area contributed by atoms with Crippen LogP contribution in [0.25, 0.3) is 0 Å². The molecule has 26 heavy (non-hydrogen) atoms. The van der Waals surface area contributed by atoms with E-state index in [0.717, 1.165) is 54.6 Å². The molecule has 5 nitrogen and oxygen atoms in total. The molecular weight excluding hydrogens is 414 g/mol. The lowest BCUT2D eigenvalue weighted by Crippen LogP contribution is -2.55. The van der Waals surface area contributed by atoms with Gasteiger partial charge in [0.05, 0.1) is 4.87 Å². The number of nitrogens with zero attached hydrogens (tertiary/aromatic N) is 2. The standard InChI is InChI=1S/C19H26BrN3O2S/c1-2-3-10-21-18(25)22-11-8-19(9-12-22)23(13-14-26-19)17(24)15-4-6-16(20)7-5-15/h4-7H,2-3,8-14H2,1H3,(H,21,25). The van der Waals surface area contributed by atoms with Crippen molar-refractivity contribution in [2.24, 2.45) is 0 Å². The lowest BCUT2D eigenvalue weighted by Gasteiger charge is -2.44. The predicted molar refractivity (Wildman–Crippen MR) is 109 cm³/mol. The van der Waals surface area contributed by atoms with Crippen molar-refractivity contribution in [2.45, 2.75) is 37.5 Å². The summed E-state index contributed by atoms with van der Waals surface area (Å²) in [6.07, 6.45) is 3.75. The van der Waals surface area contributed by atoms with Gasteiger partial charge in [0.2, 0.25) is 0 Å². The van der Waals surface area contributed by atoms with Gasteiger partial charge in [-0.25, -0.2) is 4.79 Å². The van der Waals surface area contributed by atoms with E-state index < -0.39 is 0 Å². The molecule has 1 aromatic carbocycles. The molecule has 0 aliphatic carbocycles. The number of likely N-dealkylation sites (tertiary alicyclic amines) is 1. The summed E-state index contributed by atoms with van der Waals surface area (Å²) in [6.45, 7) is 5.04. The Morgan fingerprint density at radius 1 is 1.19 bits per heavy atom. The molecule has 0 unspecified atom stereocenters. The van der Waals surface area contributed by atoms with E-state index in [-0.39, 0.29) is 16.8 Å². The lowest BCUT2D eigenvalue weighted by atomic mass is 10.0. The number of carbonyl (C=O) groups excluding carboxylic acids is 2. The van der Waals surface area contributed by atoms with Crippen LogP contribution < -0.4 is 5.32 Å². The number of urea groups is 1. The van der Waals surface area contributed by atoms with Gasteiger partial charge in [-0.1, -0.05) is 29.3 Å². The second-order valence-electron chi connectivity index (χ2n) is 6.83. The SMILES string of the molecule is CCCCNC(=O)N1CCC2(CC1)SCCN2C(=O)c1ccc(Br)cc1. The van der Waals surface area contributed by atoms with Crippen LogP contribution in [-0.4, -0.2) is 58.5 Å². The second kappa shape index (κ2) is 8.65. The van der Waals surface area contributed by atoms with E-state index in [1.165, 1.54) is 0 Å². The molecule has 1 aromatic rings. The fourth-order valence-electron chi connectivity index (χ4n) is 3.60. The number of benzene rings is 1. The number of hydrogen-bond donors (Lipinski definition) is 1. The number of nitrogens with one attached hydrogen (secondary N) is 1. The molecule has 0 aromatic heterocycles. The summed E-state index contributed by atoms with van der Waals surface area (Å²) in [5, 5.41) is 2.99. The number of halogens is 1. The van der Waals surface area contributed by atoms with E-state index in [9.17, 15) is 9.59 Å². The number of thioether (sulfide) groups is 1. The van der Waals surface area contributed by atoms with Gasteiger partial charge in [-0.15, -0.1) is 11.8 Å². The molecule has 1 N–H and O–H groups in total. The van der Waals surface area contributed by atoms with Gasteiger partial charge in [-0.2, -0.15) is 0 Å². The van der Waals surface area contributed by atoms with Crippen molar-refractivity contribution in [1.82, 2.24) is 15.1 Å². The quantitative estimate of drug-likeness (QED) is 0.722. The normalized spacial score (nSPS) is 19.0. The first-order chi connectivity index (χ1) is 12.6. The number of carbonyl (C=O) groups is 2. The molecule has 0 radical (unpaired) electrons. The van der Waals surface area contributed by atoms with Crippen molar-refractivity contribution in [3.63, 3.8) is 0 Å². The zero-order chi connectivity index (χ0) is 18.6. The van der Waals surface area contributed by atoms with Crippen LogP contribution >= 0.6 is 27.7 Å². The second-order valence-corrected chi connectivity index (χ2v) is 9.20. The average Bonchev–Trinajstić information content (AvgIpc) is 3.05. The summed E-state index contributed by atoms with van der Waals surface area (Å²) in [6, 6.07) is 7.60. The van der Waals surface area contributed by atoms with E-state index in [1.54, 1.807) is 0 Å². The Morgan fingerprint density at radius 2 is 1.88 bits per heavy atom. The van der Waals surface area contributed by atoms with Crippen LogP contribution in [0.5, 0.6) is 0 Å². The van der Waals surface area contributed by atoms with Gasteiger partial charge in [0.15, 0.2) is 0 Å². The molecule has 2 aliphatic rings. The van der Waals surface area contributed by atoms with Crippen LogP contribution in [-0.2, 0) is 0 Å². The zero-order valence-corrected chi connectivity index (χ0v) is 17.6. The van der Waals surface area contributed by atoms with E-state index in [1.807, 2.05) is 45.8 Å². The summed E-state index contributed by atoms with van der Waals surface area (Å²) in [5.41, 5.74) is 0.731. The molecule has 142 valence electrons. The molecule has 1 spiro atoms. The van der Waals surface area contributed by atoms with Crippen molar-refractivity contribution in [2.75, 3.05) is 31.9 Å². The highest BCUT2D eigenvalue weighted by Crippen LogP contribution is 2.44. The van der Waals surface area contributed by atoms with Crippen LogP contribution in [0, 0.1) is 0 Å². The minimum atomic E-state index is -0.162. The molecule has 3 amide bonds. The summed E-state index contributed by atoms with van der Waals surface area (Å²) in [7, 11) is 0. The van der Waals surface area contributed by atoms with Gasteiger partial charge >= 0.3 is 6.03 Å². The average molecular weight is 440 g/mol. The topological polar surface area (TPSA) is 52.7 Å². The molecule has 0 atom stereocenters. The molecule has 2 aliphatic heterocycles. The highest BCUT2D eigenvalue weighted by Gasteiger charge is 2.47. The van der Waals surface area contributed by atoms with E-state index in [4.69, 9.17) is 0 Å². The third kappa shape index (κ3) is 4.19. The highest BCUT2D eigenvalue weighted by molar-refractivity contribution is 9.10. The molecule has 2 heterocycles. The van der Waals surface area contributed by atoms with E-state index in [2.05, 4.69) is 28.2 Å². The van der Waals surface area contributed by atoms with Crippen LogP contribution in [0.2, 0.25) is 0 Å². The molecular formula is C19H26BrN3O2S. The Bertz CT molecular complexity index is 645. The highest BCUT2D eigenvalue weighted by atomic mass is 79.9. The number of amides is 3. The maximum absolute atomic E-state index is 13.0. The first-order valence-electron chi connectivity index (χ1n) is 9.30. The number of hydrogen-bond acceptors (Lipinski definition) is 3. The van der Waals surface area contributed by atoms with Crippen LogP contribution in [0.3, 0.4) is 0 Å². The van der Waals surface area contributed by atoms with Gasteiger partial charge in [0.1, 0.15) is 0 Å². The van der Waals surface area contributed by atoms with Crippen molar-refractivity contribution in [1.29, 1.82) is 0 Å². The number of unbranched alkanes of at least 4 members (excludes halogenated alkanes) is 1. The van der Waals surface area contributed by atoms with Crippen molar-refractivity contribution >= 4 is 39.6 Å². The van der Waals surface area contributed by atoms with Crippen LogP contribution in [0.15, 0.2) is 28.7 Å². The van der Waals surface area contributed by atoms with Gasteiger partial charge in [-0.3, -0.25) is 4.79 Å². The largest absolute Gasteiger partial charge is 0.338 e. The Kier molecular flexibility index (Phi) is 6.51. The first kappa shape index (κ1) is 19.5. The summed E-state index contributed by atoms with van der Waals surface area (Å²) < 4.78 is 0.974. The minimum Gasteiger partial charge on any atom is -0.338 e. The third-order valence-electron chi connectivity index (χ3n) is 5.15. The molecule has 7 heteroatoms. The Balaban J connectivity index is 1.62. The summed E-state index contributed by atoms with van der Waals surface area (Å²) >= 11 is 5.29. The Morgan fingerprint density at radius 3 is 2.54 bits per heavy atom. The maximum Gasteiger partial charge on any atom is 0.317 e. The minimum absolute atomic E-state index is 0.0297. The molecule has 0 bridgehead atoms. The van der Waals surface area contributed by atoms with Gasteiger partial charge in [0, 0.05) is 42.0 Å². The van der Waals surface area contributed by atoms with E-state index in [0.29, 0.717) is 13.1 Å². The first-order valence-corrected chi connectivity index (χ1v) is 11.1. The van der Waals surface area contributed by atoms with Gasteiger partial charge in [0.25, 0.3) is 5.91 Å². The fraction of sp³-hybridized carbons (Fsp3) is 0.579. The Labute approximate surface area is 168 Å². The number of piperidine rings is 1. The molecule has 2 saturated heterocycles. The zero-order valence-electron chi connectivity index (χ0n) is 15.2. The monoisotopic (exact) mass is 439 g/mol. The fourth-order valence-corrected chi connectivity index (χ4v) is 5.32. The summed E-state index contributed by atoms with van der Waals surface area (Å²) in [4.78, 5) is 29.1. The Hall–Kier alpha value is -1.21. The molecule has 0 saturated carbocycles. The maximum atomic E-state index is 13.0. The predicted octanol–water partition coefficient (Wildman–Crippen LogP) is 3.94. The van der Waals surface area contributed by atoms with Crippen LogP contribution in [0.1, 0.15) is 43.0 Å². The van der Waals surface area contributed by atoms with Crippen molar-refractivity contribution in [3.05, 3.63) is 34.3 Å². The van der Waals surface area contributed by atoms with Crippen molar-refractivity contribution in [3.8, 4) is 0 Å². The molecule has 3 rings (SSSR count). The summed E-state index contributed by atoms with van der Waals surface area (Å²) in [5.74, 6) is 1.06. The lowest BCUT2D eigenvalue weighted by molar-refractivity contribution is 0.0581. The van der Waals surface area contributed by atoms with E-state index >= 15 is 0 Å². The number of rotatable bonds is 4. The van der Waals surface area contributed by atoms with Gasteiger partial charge < -0.3 is 15.1 Å². The van der Waals surface area contributed by atoms with Crippen molar-refractivity contribution < 1.29 is 9.59 Å². The smallest absolute Gasteiger partial charge is 0.317 e. The molecule has 2 fully saturated rings. The third-order valence-corrected chi connectivity index (χ3v) is 7.23. The van der Waals surface area contributed by atoms with Gasteiger partial charge in [-0.05, 0) is 43.5 Å². The van der Waals surface area contributed by atoms with Crippen LogP contribution in [0.4, 0.5) is 4.79 Å².